The number of nitriles is 1. The first-order valence-electron chi connectivity index (χ1n) is 9.86. The van der Waals surface area contributed by atoms with Crippen LogP contribution < -0.4 is 10.5 Å². The van der Waals surface area contributed by atoms with E-state index < -0.39 is 18.0 Å². The van der Waals surface area contributed by atoms with Gasteiger partial charge in [-0.3, -0.25) is 4.79 Å². The zero-order valence-electron chi connectivity index (χ0n) is 18.0. The number of aryl methyl sites for hydroxylation is 1. The Hall–Kier alpha value is -4.31. The molecule has 1 amide bonds. The van der Waals surface area contributed by atoms with E-state index in [1.54, 1.807) is 37.4 Å². The van der Waals surface area contributed by atoms with Crippen LogP contribution in [0, 0.1) is 25.2 Å². The molecule has 1 atom stereocenters. The number of rotatable bonds is 7. The van der Waals surface area contributed by atoms with Crippen molar-refractivity contribution in [3.63, 3.8) is 0 Å². The smallest absolute Gasteiger partial charge is 0.350 e. The average Bonchev–Trinajstić information content (AvgIpc) is 3.08. The minimum atomic E-state index is -1.29. The van der Waals surface area contributed by atoms with Gasteiger partial charge in [-0.15, -0.1) is 0 Å². The highest BCUT2D eigenvalue weighted by molar-refractivity contribution is 5.99. The van der Waals surface area contributed by atoms with Crippen LogP contribution in [0.2, 0.25) is 0 Å². The van der Waals surface area contributed by atoms with Crippen molar-refractivity contribution in [1.82, 2.24) is 4.57 Å². The number of methoxy groups -OCH3 is 1. The number of aromatic nitrogens is 1. The van der Waals surface area contributed by atoms with E-state index in [4.69, 9.17) is 15.2 Å². The number of carbonyl (C=O) groups excluding carboxylic acids is 2. The largest absolute Gasteiger partial charge is 0.497 e. The summed E-state index contributed by atoms with van der Waals surface area (Å²) in [5.74, 6) is -0.998. The highest BCUT2D eigenvalue weighted by Crippen LogP contribution is 2.25. The van der Waals surface area contributed by atoms with E-state index in [-0.39, 0.29) is 5.57 Å². The van der Waals surface area contributed by atoms with E-state index in [2.05, 4.69) is 0 Å². The van der Waals surface area contributed by atoms with Crippen LogP contribution >= 0.6 is 0 Å². The van der Waals surface area contributed by atoms with Gasteiger partial charge in [0.25, 0.3) is 5.91 Å². The molecule has 162 valence electrons. The third kappa shape index (κ3) is 4.71. The van der Waals surface area contributed by atoms with Crippen LogP contribution in [0.5, 0.6) is 5.75 Å². The van der Waals surface area contributed by atoms with Crippen molar-refractivity contribution >= 4 is 18.0 Å². The molecule has 2 N–H and O–H groups in total. The minimum Gasteiger partial charge on any atom is -0.497 e. The quantitative estimate of drug-likeness (QED) is 0.349. The third-order valence-corrected chi connectivity index (χ3v) is 5.03. The highest BCUT2D eigenvalue weighted by Gasteiger charge is 2.25. The summed E-state index contributed by atoms with van der Waals surface area (Å²) in [6.07, 6.45) is 0.167. The predicted molar refractivity (Wildman–Crippen MR) is 120 cm³/mol. The number of nitrogens with zero attached hydrogens (tertiary/aromatic N) is 2. The van der Waals surface area contributed by atoms with Gasteiger partial charge in [-0.05, 0) is 55.8 Å². The van der Waals surface area contributed by atoms with Crippen molar-refractivity contribution < 1.29 is 19.1 Å². The monoisotopic (exact) mass is 429 g/mol. The van der Waals surface area contributed by atoms with Crippen molar-refractivity contribution in [2.75, 3.05) is 7.11 Å². The number of amides is 1. The number of hydrogen-bond acceptors (Lipinski definition) is 5. The molecule has 2 aromatic carbocycles. The fourth-order valence-electron chi connectivity index (χ4n) is 3.44. The molecule has 3 rings (SSSR count). The Bertz CT molecular complexity index is 1200. The van der Waals surface area contributed by atoms with Crippen LogP contribution in [-0.4, -0.2) is 23.6 Å². The Morgan fingerprint density at radius 1 is 1.09 bits per heavy atom. The van der Waals surface area contributed by atoms with E-state index in [0.717, 1.165) is 22.8 Å². The Morgan fingerprint density at radius 3 is 2.31 bits per heavy atom. The number of benzene rings is 2. The third-order valence-electron chi connectivity index (χ3n) is 5.03. The lowest BCUT2D eigenvalue weighted by molar-refractivity contribution is -0.151. The van der Waals surface area contributed by atoms with Crippen LogP contribution in [-0.2, 0) is 14.3 Å². The molecule has 0 aliphatic rings. The molecule has 0 radical (unpaired) electrons. The molecule has 3 aromatic rings. The normalized spacial score (nSPS) is 12.0. The summed E-state index contributed by atoms with van der Waals surface area (Å²) < 4.78 is 12.5. The lowest BCUT2D eigenvalue weighted by Crippen LogP contribution is -2.26. The minimum absolute atomic E-state index is 0.234. The second-order valence-electron chi connectivity index (χ2n) is 7.13. The van der Waals surface area contributed by atoms with Gasteiger partial charge < -0.3 is 19.8 Å². The lowest BCUT2D eigenvalue weighted by Gasteiger charge is -2.14. The first-order chi connectivity index (χ1) is 15.3. The summed E-state index contributed by atoms with van der Waals surface area (Å²) in [4.78, 5) is 24.5. The first-order valence-corrected chi connectivity index (χ1v) is 9.86. The maximum atomic E-state index is 12.7. The van der Waals surface area contributed by atoms with Crippen molar-refractivity contribution in [2.45, 2.75) is 20.0 Å². The maximum absolute atomic E-state index is 12.7. The summed E-state index contributed by atoms with van der Waals surface area (Å²) in [7, 11) is 1.60. The van der Waals surface area contributed by atoms with Gasteiger partial charge in [-0.2, -0.15) is 5.26 Å². The molecule has 0 saturated heterocycles. The van der Waals surface area contributed by atoms with Gasteiger partial charge in [0.05, 0.1) is 7.11 Å². The van der Waals surface area contributed by atoms with Crippen LogP contribution in [0.4, 0.5) is 0 Å². The lowest BCUT2D eigenvalue weighted by atomic mass is 10.1. The molecule has 0 aliphatic carbocycles. The van der Waals surface area contributed by atoms with Crippen molar-refractivity contribution in [2.24, 2.45) is 5.73 Å². The molecule has 1 heterocycles. The molecule has 1 unspecified atom stereocenters. The van der Waals surface area contributed by atoms with Crippen LogP contribution in [0.3, 0.4) is 0 Å². The Morgan fingerprint density at radius 2 is 1.75 bits per heavy atom. The predicted octanol–water partition coefficient (Wildman–Crippen LogP) is 3.78. The molecule has 0 fully saturated rings. The summed E-state index contributed by atoms with van der Waals surface area (Å²) in [5.41, 5.74) is 8.97. The Kier molecular flexibility index (Phi) is 6.76. The number of esters is 1. The number of ether oxygens (including phenoxy) is 2. The molecule has 0 bridgehead atoms. The summed E-state index contributed by atoms with van der Waals surface area (Å²) >= 11 is 0. The number of hydrogen-bond donors (Lipinski definition) is 1. The Balaban J connectivity index is 1.91. The SMILES string of the molecule is COc1ccc(-n2c(C)cc(/C=C(\C#N)C(=O)OC(C(N)=O)c3ccccc3)c2C)cc1. The fourth-order valence-corrected chi connectivity index (χ4v) is 3.44. The van der Waals surface area contributed by atoms with Gasteiger partial charge in [-0.1, -0.05) is 30.3 Å². The van der Waals surface area contributed by atoms with Crippen molar-refractivity contribution in [3.8, 4) is 17.5 Å². The maximum Gasteiger partial charge on any atom is 0.350 e. The molecular formula is C25H23N3O4. The molecule has 7 heteroatoms. The molecule has 7 nitrogen and oxygen atoms in total. The standard InChI is InChI=1S/C25H23N3O4/c1-16-13-19(17(2)28(16)21-9-11-22(31-3)12-10-21)14-20(15-26)25(30)32-23(24(27)29)18-7-5-4-6-8-18/h4-14,23H,1-3H3,(H2,27,29)/b20-14+. The zero-order chi connectivity index (χ0) is 23.3. The van der Waals surface area contributed by atoms with E-state index in [1.165, 1.54) is 6.08 Å². The molecular weight excluding hydrogens is 406 g/mol. The number of primary amides is 1. The molecule has 0 aliphatic heterocycles. The van der Waals surface area contributed by atoms with Crippen molar-refractivity contribution in [3.05, 3.63) is 88.8 Å². The number of carbonyl (C=O) groups is 2. The average molecular weight is 429 g/mol. The van der Waals surface area contributed by atoms with Gasteiger partial charge in [0.1, 0.15) is 17.4 Å². The first kappa shape index (κ1) is 22.4. The molecule has 0 saturated carbocycles. The molecule has 0 spiro atoms. The number of nitrogens with two attached hydrogens (primary N) is 1. The summed E-state index contributed by atoms with van der Waals surface area (Å²) in [5, 5.41) is 9.57. The second kappa shape index (κ2) is 9.67. The second-order valence-corrected chi connectivity index (χ2v) is 7.13. The zero-order valence-corrected chi connectivity index (χ0v) is 18.0. The van der Waals surface area contributed by atoms with Gasteiger partial charge in [0.15, 0.2) is 0 Å². The van der Waals surface area contributed by atoms with Crippen LogP contribution in [0.25, 0.3) is 11.8 Å². The van der Waals surface area contributed by atoms with Crippen molar-refractivity contribution in [1.29, 1.82) is 5.26 Å². The van der Waals surface area contributed by atoms with Gasteiger partial charge in [0, 0.05) is 22.6 Å². The topological polar surface area (TPSA) is 107 Å². The molecule has 1 aromatic heterocycles. The summed E-state index contributed by atoms with van der Waals surface area (Å²) in [6.45, 7) is 3.82. The van der Waals surface area contributed by atoms with Gasteiger partial charge in [0.2, 0.25) is 6.10 Å². The van der Waals surface area contributed by atoms with E-state index in [0.29, 0.717) is 11.1 Å². The van der Waals surface area contributed by atoms with Crippen LogP contribution in [0.15, 0.2) is 66.2 Å². The van der Waals surface area contributed by atoms with Gasteiger partial charge in [-0.25, -0.2) is 4.79 Å². The molecule has 32 heavy (non-hydrogen) atoms. The van der Waals surface area contributed by atoms with E-state index in [9.17, 15) is 14.9 Å². The summed E-state index contributed by atoms with van der Waals surface area (Å²) in [6, 6.07) is 19.7. The highest BCUT2D eigenvalue weighted by atomic mass is 16.5. The van der Waals surface area contributed by atoms with E-state index >= 15 is 0 Å². The van der Waals surface area contributed by atoms with Crippen LogP contribution in [0.1, 0.15) is 28.6 Å². The van der Waals surface area contributed by atoms with E-state index in [1.807, 2.05) is 54.8 Å². The fraction of sp³-hybridized carbons (Fsp3) is 0.160. The van der Waals surface area contributed by atoms with Gasteiger partial charge >= 0.3 is 5.97 Å². The Labute approximate surface area is 186 Å².